The largest absolute Gasteiger partial charge is 0.416 e. The van der Waals surface area contributed by atoms with Crippen LogP contribution in [0.1, 0.15) is 23.1 Å². The summed E-state index contributed by atoms with van der Waals surface area (Å²) < 4.78 is 38.9. The summed E-state index contributed by atoms with van der Waals surface area (Å²) in [6.07, 6.45) is -2.44. The van der Waals surface area contributed by atoms with Crippen molar-refractivity contribution in [3.05, 3.63) is 71.3 Å². The Morgan fingerprint density at radius 2 is 1.75 bits per heavy atom. The third-order valence-electron chi connectivity index (χ3n) is 4.91. The van der Waals surface area contributed by atoms with Gasteiger partial charge in [-0.3, -0.25) is 9.59 Å². The van der Waals surface area contributed by atoms with Crippen LogP contribution < -0.4 is 0 Å². The summed E-state index contributed by atoms with van der Waals surface area (Å²) in [6.45, 7) is 0.417. The van der Waals surface area contributed by atoms with Crippen LogP contribution in [0.25, 0.3) is 0 Å². The molecule has 0 unspecified atom stereocenters. The molecule has 0 bridgehead atoms. The summed E-state index contributed by atoms with van der Waals surface area (Å²) in [6, 6.07) is 14.5. The van der Waals surface area contributed by atoms with E-state index in [2.05, 4.69) is 0 Å². The van der Waals surface area contributed by atoms with Crippen molar-refractivity contribution in [2.24, 2.45) is 0 Å². The zero-order chi connectivity index (χ0) is 20.1. The molecule has 0 radical (unpaired) electrons. The maximum absolute atomic E-state index is 13.0. The molecule has 28 heavy (non-hydrogen) atoms. The van der Waals surface area contributed by atoms with Crippen molar-refractivity contribution in [2.75, 3.05) is 13.1 Å². The van der Waals surface area contributed by atoms with Gasteiger partial charge >= 0.3 is 6.18 Å². The Bertz CT molecular complexity index is 824. The van der Waals surface area contributed by atoms with Crippen LogP contribution in [0, 0.1) is 0 Å². The van der Waals surface area contributed by atoms with Crippen LogP contribution in [0.15, 0.2) is 54.6 Å². The molecule has 0 aromatic heterocycles. The number of alkyl halides is 3. The molecule has 0 aliphatic carbocycles. The van der Waals surface area contributed by atoms with Crippen LogP contribution in [-0.2, 0) is 28.7 Å². The molecule has 0 N–H and O–H groups in total. The number of amides is 2. The van der Waals surface area contributed by atoms with Crippen molar-refractivity contribution in [2.45, 2.75) is 31.6 Å². The number of piperazine rings is 1. The topological polar surface area (TPSA) is 40.6 Å². The first kappa shape index (κ1) is 19.9. The number of benzene rings is 2. The maximum Gasteiger partial charge on any atom is 0.416 e. The van der Waals surface area contributed by atoms with Crippen molar-refractivity contribution in [1.82, 2.24) is 9.80 Å². The highest BCUT2D eigenvalue weighted by Gasteiger charge is 2.33. The molecule has 4 nitrogen and oxygen atoms in total. The lowest BCUT2D eigenvalue weighted by atomic mass is 10.0. The SMILES string of the molecule is O=CN1CC(=O)N(Cc2cccc(C(F)(F)F)c2)[C@@H](CCc2ccccc2)C1. The van der Waals surface area contributed by atoms with Gasteiger partial charge in [-0.15, -0.1) is 0 Å². The van der Waals surface area contributed by atoms with Gasteiger partial charge in [0, 0.05) is 13.1 Å². The van der Waals surface area contributed by atoms with Crippen molar-refractivity contribution in [3.8, 4) is 0 Å². The summed E-state index contributed by atoms with van der Waals surface area (Å²) >= 11 is 0. The average Bonchev–Trinajstić information content (AvgIpc) is 2.68. The van der Waals surface area contributed by atoms with Crippen molar-refractivity contribution < 1.29 is 22.8 Å². The first-order chi connectivity index (χ1) is 13.4. The maximum atomic E-state index is 13.0. The van der Waals surface area contributed by atoms with Gasteiger partial charge in [0.25, 0.3) is 0 Å². The van der Waals surface area contributed by atoms with Crippen LogP contribution >= 0.6 is 0 Å². The highest BCUT2D eigenvalue weighted by Crippen LogP contribution is 2.30. The molecule has 2 aromatic carbocycles. The fourth-order valence-electron chi connectivity index (χ4n) is 3.47. The standard InChI is InChI=1S/C21H21F3N2O2/c22-21(23,24)18-8-4-7-17(11-18)12-26-19(13-25(15-27)14-20(26)28)10-9-16-5-2-1-3-6-16/h1-8,11,15,19H,9-10,12-14H2/t19-/m0/s1. The lowest BCUT2D eigenvalue weighted by Crippen LogP contribution is -2.55. The van der Waals surface area contributed by atoms with Gasteiger partial charge in [0.15, 0.2) is 0 Å². The smallest absolute Gasteiger partial charge is 0.334 e. The Labute approximate surface area is 161 Å². The Morgan fingerprint density at radius 1 is 1.04 bits per heavy atom. The van der Waals surface area contributed by atoms with Crippen LogP contribution in [0.3, 0.4) is 0 Å². The third kappa shape index (κ3) is 4.91. The molecule has 7 heteroatoms. The fourth-order valence-corrected chi connectivity index (χ4v) is 3.47. The molecule has 0 saturated carbocycles. The van der Waals surface area contributed by atoms with Crippen LogP contribution in [0.2, 0.25) is 0 Å². The number of hydrogen-bond acceptors (Lipinski definition) is 2. The number of aryl methyl sites for hydroxylation is 1. The minimum atomic E-state index is -4.43. The van der Waals surface area contributed by atoms with Gasteiger partial charge in [-0.2, -0.15) is 13.2 Å². The van der Waals surface area contributed by atoms with Crippen LogP contribution in [-0.4, -0.2) is 41.2 Å². The monoisotopic (exact) mass is 390 g/mol. The van der Waals surface area contributed by atoms with Gasteiger partial charge in [0.05, 0.1) is 18.2 Å². The molecular weight excluding hydrogens is 369 g/mol. The van der Waals surface area contributed by atoms with E-state index >= 15 is 0 Å². The molecule has 1 fully saturated rings. The van der Waals surface area contributed by atoms with Crippen molar-refractivity contribution in [3.63, 3.8) is 0 Å². The number of carbonyl (C=O) groups excluding carboxylic acids is 2. The minimum absolute atomic E-state index is 0.0513. The molecular formula is C21H21F3N2O2. The van der Waals surface area contributed by atoms with Crippen LogP contribution in [0.5, 0.6) is 0 Å². The highest BCUT2D eigenvalue weighted by molar-refractivity contribution is 5.81. The van der Waals surface area contributed by atoms with E-state index < -0.39 is 11.7 Å². The molecule has 2 amide bonds. The molecule has 1 aliphatic heterocycles. The number of nitrogens with zero attached hydrogens (tertiary/aromatic N) is 2. The average molecular weight is 390 g/mol. The Hall–Kier alpha value is -2.83. The van der Waals surface area contributed by atoms with E-state index in [0.717, 1.165) is 17.7 Å². The van der Waals surface area contributed by atoms with Gasteiger partial charge < -0.3 is 9.80 Å². The van der Waals surface area contributed by atoms with Crippen molar-refractivity contribution >= 4 is 12.3 Å². The van der Waals surface area contributed by atoms with E-state index in [1.807, 2.05) is 30.3 Å². The number of carbonyl (C=O) groups is 2. The van der Waals surface area contributed by atoms with E-state index in [0.29, 0.717) is 31.4 Å². The van der Waals surface area contributed by atoms with Gasteiger partial charge in [-0.1, -0.05) is 42.5 Å². The molecule has 1 heterocycles. The summed E-state index contributed by atoms with van der Waals surface area (Å²) in [4.78, 5) is 26.8. The summed E-state index contributed by atoms with van der Waals surface area (Å²) in [7, 11) is 0. The predicted octanol–water partition coefficient (Wildman–Crippen LogP) is 3.51. The number of halogens is 3. The zero-order valence-corrected chi connectivity index (χ0v) is 15.2. The molecule has 1 saturated heterocycles. The Kier molecular flexibility index (Phi) is 6.02. The zero-order valence-electron chi connectivity index (χ0n) is 15.2. The molecule has 3 rings (SSSR count). The second-order valence-electron chi connectivity index (χ2n) is 6.93. The van der Waals surface area contributed by atoms with Gasteiger partial charge in [-0.05, 0) is 36.1 Å². The Morgan fingerprint density at radius 3 is 2.43 bits per heavy atom. The van der Waals surface area contributed by atoms with E-state index in [1.165, 1.54) is 11.0 Å². The molecule has 0 spiro atoms. The highest BCUT2D eigenvalue weighted by atomic mass is 19.4. The molecule has 2 aromatic rings. The second kappa shape index (κ2) is 8.46. The lowest BCUT2D eigenvalue weighted by molar-refractivity contribution is -0.144. The minimum Gasteiger partial charge on any atom is -0.334 e. The normalized spacial score (nSPS) is 17.7. The van der Waals surface area contributed by atoms with E-state index in [4.69, 9.17) is 0 Å². The first-order valence-corrected chi connectivity index (χ1v) is 9.05. The number of rotatable bonds is 6. The van der Waals surface area contributed by atoms with Crippen LogP contribution in [0.4, 0.5) is 13.2 Å². The predicted molar refractivity (Wildman–Crippen MR) is 98.2 cm³/mol. The lowest BCUT2D eigenvalue weighted by Gasteiger charge is -2.40. The van der Waals surface area contributed by atoms with E-state index in [1.54, 1.807) is 11.0 Å². The molecule has 1 atom stereocenters. The molecule has 1 aliphatic rings. The van der Waals surface area contributed by atoms with Gasteiger partial charge in [0.1, 0.15) is 0 Å². The quantitative estimate of drug-likeness (QED) is 0.709. The first-order valence-electron chi connectivity index (χ1n) is 9.05. The molecule has 148 valence electrons. The number of hydrogen-bond donors (Lipinski definition) is 0. The Balaban J connectivity index is 1.77. The summed E-state index contributed by atoms with van der Waals surface area (Å²) in [5.74, 6) is -0.256. The summed E-state index contributed by atoms with van der Waals surface area (Å²) in [5, 5.41) is 0. The fraction of sp³-hybridized carbons (Fsp3) is 0.333. The third-order valence-corrected chi connectivity index (χ3v) is 4.91. The van der Waals surface area contributed by atoms with E-state index in [-0.39, 0.29) is 25.0 Å². The second-order valence-corrected chi connectivity index (χ2v) is 6.93. The van der Waals surface area contributed by atoms with Gasteiger partial charge in [0.2, 0.25) is 12.3 Å². The summed E-state index contributed by atoms with van der Waals surface area (Å²) in [5.41, 5.74) is 0.800. The van der Waals surface area contributed by atoms with Gasteiger partial charge in [-0.25, -0.2) is 0 Å². The van der Waals surface area contributed by atoms with E-state index in [9.17, 15) is 22.8 Å². The van der Waals surface area contributed by atoms with Crippen molar-refractivity contribution in [1.29, 1.82) is 0 Å².